The SMILES string of the molecule is Cc1nc(C)c(C(C)NCCc2ccc(Cl)s2)s1. The lowest BCUT2D eigenvalue weighted by Gasteiger charge is -2.12. The van der Waals surface area contributed by atoms with Crippen molar-refractivity contribution in [3.63, 3.8) is 0 Å². The molecule has 0 saturated heterocycles. The molecular formula is C13H17ClN2S2. The molecule has 0 saturated carbocycles. The summed E-state index contributed by atoms with van der Waals surface area (Å²) in [4.78, 5) is 7.14. The summed E-state index contributed by atoms with van der Waals surface area (Å²) in [6, 6.07) is 4.43. The minimum atomic E-state index is 0.367. The van der Waals surface area contributed by atoms with Crippen molar-refractivity contribution < 1.29 is 0 Å². The van der Waals surface area contributed by atoms with Gasteiger partial charge in [-0.3, -0.25) is 0 Å². The third-order valence-corrected chi connectivity index (χ3v) is 5.33. The second-order valence-corrected chi connectivity index (χ2v) is 7.35. The molecule has 1 atom stereocenters. The maximum atomic E-state index is 5.91. The topological polar surface area (TPSA) is 24.9 Å². The van der Waals surface area contributed by atoms with E-state index in [0.29, 0.717) is 6.04 Å². The van der Waals surface area contributed by atoms with E-state index in [1.165, 1.54) is 9.75 Å². The quantitative estimate of drug-likeness (QED) is 0.887. The first-order valence-electron chi connectivity index (χ1n) is 5.98. The van der Waals surface area contributed by atoms with Crippen molar-refractivity contribution in [2.24, 2.45) is 0 Å². The molecule has 0 aliphatic heterocycles. The molecule has 2 aromatic rings. The van der Waals surface area contributed by atoms with E-state index in [0.717, 1.165) is 28.0 Å². The first-order chi connectivity index (χ1) is 8.56. The average molecular weight is 301 g/mol. The monoisotopic (exact) mass is 300 g/mol. The van der Waals surface area contributed by atoms with E-state index >= 15 is 0 Å². The zero-order chi connectivity index (χ0) is 13.1. The van der Waals surface area contributed by atoms with Crippen LogP contribution in [0.4, 0.5) is 0 Å². The summed E-state index contributed by atoms with van der Waals surface area (Å²) >= 11 is 9.35. The number of nitrogens with zero attached hydrogens (tertiary/aromatic N) is 1. The Balaban J connectivity index is 1.85. The lowest BCUT2D eigenvalue weighted by molar-refractivity contribution is 0.583. The van der Waals surface area contributed by atoms with Crippen molar-refractivity contribution >= 4 is 34.3 Å². The van der Waals surface area contributed by atoms with E-state index in [-0.39, 0.29) is 0 Å². The van der Waals surface area contributed by atoms with Gasteiger partial charge in [0.05, 0.1) is 15.0 Å². The molecule has 1 unspecified atom stereocenters. The standard InChI is InChI=1S/C13H17ClN2S2/c1-8(13-9(2)16-10(3)17-13)15-7-6-11-4-5-12(14)18-11/h4-5,8,15H,6-7H2,1-3H3. The van der Waals surface area contributed by atoms with Gasteiger partial charge in [0, 0.05) is 22.3 Å². The van der Waals surface area contributed by atoms with Gasteiger partial charge >= 0.3 is 0 Å². The van der Waals surface area contributed by atoms with Gasteiger partial charge in [0.2, 0.25) is 0 Å². The van der Waals surface area contributed by atoms with Crippen LogP contribution in [0.25, 0.3) is 0 Å². The predicted molar refractivity (Wildman–Crippen MR) is 81.0 cm³/mol. The normalized spacial score (nSPS) is 12.9. The van der Waals surface area contributed by atoms with Gasteiger partial charge in [-0.05, 0) is 39.3 Å². The van der Waals surface area contributed by atoms with Crippen molar-refractivity contribution in [1.82, 2.24) is 10.3 Å². The number of hydrogen-bond donors (Lipinski definition) is 1. The third kappa shape index (κ3) is 3.54. The Labute approximate surface area is 121 Å². The van der Waals surface area contributed by atoms with Crippen LogP contribution in [0, 0.1) is 13.8 Å². The highest BCUT2D eigenvalue weighted by atomic mass is 35.5. The molecular weight excluding hydrogens is 284 g/mol. The van der Waals surface area contributed by atoms with E-state index in [1.54, 1.807) is 22.7 Å². The second-order valence-electron chi connectivity index (χ2n) is 4.31. The van der Waals surface area contributed by atoms with Gasteiger partial charge in [-0.2, -0.15) is 0 Å². The van der Waals surface area contributed by atoms with Gasteiger partial charge in [0.15, 0.2) is 0 Å². The summed E-state index contributed by atoms with van der Waals surface area (Å²) in [7, 11) is 0. The van der Waals surface area contributed by atoms with E-state index in [2.05, 4.69) is 37.1 Å². The van der Waals surface area contributed by atoms with Crippen molar-refractivity contribution in [3.05, 3.63) is 36.9 Å². The Kier molecular flexibility index (Phi) is 4.78. The van der Waals surface area contributed by atoms with Crippen LogP contribution >= 0.6 is 34.3 Å². The molecule has 2 aromatic heterocycles. The maximum absolute atomic E-state index is 5.91. The van der Waals surface area contributed by atoms with Crippen LogP contribution in [0.5, 0.6) is 0 Å². The molecule has 2 rings (SSSR count). The molecule has 1 N–H and O–H groups in total. The van der Waals surface area contributed by atoms with Crippen LogP contribution in [0.1, 0.15) is 33.4 Å². The Hall–Kier alpha value is -0.420. The molecule has 98 valence electrons. The first-order valence-corrected chi connectivity index (χ1v) is 7.99. The number of rotatable bonds is 5. The summed E-state index contributed by atoms with van der Waals surface area (Å²) in [5, 5.41) is 4.68. The molecule has 2 heterocycles. The number of aryl methyl sites for hydroxylation is 2. The molecule has 0 radical (unpaired) electrons. The Bertz CT molecular complexity index is 519. The van der Waals surface area contributed by atoms with Gasteiger partial charge < -0.3 is 5.32 Å². The molecule has 0 aromatic carbocycles. The number of nitrogens with one attached hydrogen (secondary N) is 1. The van der Waals surface area contributed by atoms with Crippen molar-refractivity contribution in [3.8, 4) is 0 Å². The largest absolute Gasteiger partial charge is 0.309 e. The number of halogens is 1. The molecule has 2 nitrogen and oxygen atoms in total. The average Bonchev–Trinajstić information content (AvgIpc) is 2.85. The number of aromatic nitrogens is 1. The van der Waals surface area contributed by atoms with Gasteiger partial charge in [-0.15, -0.1) is 22.7 Å². The zero-order valence-electron chi connectivity index (χ0n) is 10.8. The Morgan fingerprint density at radius 1 is 1.33 bits per heavy atom. The molecule has 5 heteroatoms. The highest BCUT2D eigenvalue weighted by Gasteiger charge is 2.12. The van der Waals surface area contributed by atoms with Crippen LogP contribution in [-0.4, -0.2) is 11.5 Å². The summed E-state index contributed by atoms with van der Waals surface area (Å²) in [5.41, 5.74) is 1.15. The van der Waals surface area contributed by atoms with Crippen molar-refractivity contribution in [2.45, 2.75) is 33.2 Å². The fraction of sp³-hybridized carbons (Fsp3) is 0.462. The number of thiazole rings is 1. The van der Waals surface area contributed by atoms with E-state index in [1.807, 2.05) is 6.07 Å². The summed E-state index contributed by atoms with van der Waals surface area (Å²) < 4.78 is 0.868. The molecule has 0 aliphatic rings. The van der Waals surface area contributed by atoms with E-state index < -0.39 is 0 Å². The van der Waals surface area contributed by atoms with Crippen LogP contribution in [0.3, 0.4) is 0 Å². The van der Waals surface area contributed by atoms with Crippen molar-refractivity contribution in [2.75, 3.05) is 6.54 Å². The second kappa shape index (κ2) is 6.15. The first kappa shape index (κ1) is 14.0. The summed E-state index contributed by atoms with van der Waals surface area (Å²) in [5.74, 6) is 0. The van der Waals surface area contributed by atoms with Gasteiger partial charge in [-0.1, -0.05) is 11.6 Å². The van der Waals surface area contributed by atoms with E-state index in [4.69, 9.17) is 11.6 Å². The predicted octanol–water partition coefficient (Wildman–Crippen LogP) is 4.37. The number of thiophene rings is 1. The molecule has 0 aliphatic carbocycles. The molecule has 0 bridgehead atoms. The van der Waals surface area contributed by atoms with Crippen LogP contribution < -0.4 is 5.32 Å². The Morgan fingerprint density at radius 2 is 2.11 bits per heavy atom. The Morgan fingerprint density at radius 3 is 2.67 bits per heavy atom. The molecule has 0 spiro atoms. The molecule has 18 heavy (non-hydrogen) atoms. The third-order valence-electron chi connectivity index (χ3n) is 2.78. The van der Waals surface area contributed by atoms with Crippen molar-refractivity contribution in [1.29, 1.82) is 0 Å². The minimum Gasteiger partial charge on any atom is -0.309 e. The fourth-order valence-corrected chi connectivity index (χ4v) is 3.98. The van der Waals surface area contributed by atoms with E-state index in [9.17, 15) is 0 Å². The van der Waals surface area contributed by atoms with Crippen LogP contribution in [0.15, 0.2) is 12.1 Å². The lowest BCUT2D eigenvalue weighted by atomic mass is 10.2. The fourth-order valence-electron chi connectivity index (χ4n) is 1.94. The van der Waals surface area contributed by atoms with Gasteiger partial charge in [0.1, 0.15) is 0 Å². The minimum absolute atomic E-state index is 0.367. The lowest BCUT2D eigenvalue weighted by Crippen LogP contribution is -2.20. The van der Waals surface area contributed by atoms with Gasteiger partial charge in [0.25, 0.3) is 0 Å². The molecule has 0 fully saturated rings. The summed E-state index contributed by atoms with van der Waals surface area (Å²) in [6.45, 7) is 7.30. The highest BCUT2D eigenvalue weighted by Crippen LogP contribution is 2.25. The zero-order valence-corrected chi connectivity index (χ0v) is 13.2. The smallest absolute Gasteiger partial charge is 0.0931 e. The molecule has 0 amide bonds. The summed E-state index contributed by atoms with van der Waals surface area (Å²) in [6.07, 6.45) is 1.03. The number of hydrogen-bond acceptors (Lipinski definition) is 4. The van der Waals surface area contributed by atoms with Gasteiger partial charge in [-0.25, -0.2) is 4.98 Å². The maximum Gasteiger partial charge on any atom is 0.0931 e. The van der Waals surface area contributed by atoms with Crippen LogP contribution in [0.2, 0.25) is 4.34 Å². The highest BCUT2D eigenvalue weighted by molar-refractivity contribution is 7.16. The van der Waals surface area contributed by atoms with Crippen LogP contribution in [-0.2, 0) is 6.42 Å².